The highest BCUT2D eigenvalue weighted by molar-refractivity contribution is 5.95. The zero-order valence-corrected chi connectivity index (χ0v) is 14.9. The third-order valence-corrected chi connectivity index (χ3v) is 4.44. The van der Waals surface area contributed by atoms with Crippen LogP contribution in [0.5, 0.6) is 0 Å². The number of anilines is 1. The molecule has 0 saturated carbocycles. The summed E-state index contributed by atoms with van der Waals surface area (Å²) in [7, 11) is 0. The van der Waals surface area contributed by atoms with Gasteiger partial charge in [-0.25, -0.2) is 4.79 Å². The van der Waals surface area contributed by atoms with Crippen molar-refractivity contribution in [3.63, 3.8) is 0 Å². The second kappa shape index (κ2) is 8.35. The van der Waals surface area contributed by atoms with Crippen LogP contribution in [0.25, 0.3) is 0 Å². The Balaban J connectivity index is 1.47. The number of hydrogen-bond donors (Lipinski definition) is 3. The van der Waals surface area contributed by atoms with Crippen molar-refractivity contribution >= 4 is 23.5 Å². The summed E-state index contributed by atoms with van der Waals surface area (Å²) < 4.78 is 0. The maximum absolute atomic E-state index is 12.0. The number of carbonyl (C=O) groups excluding carboxylic acids is 3. The smallest absolute Gasteiger partial charge is 0.315 e. The summed E-state index contributed by atoms with van der Waals surface area (Å²) in [4.78, 5) is 36.7. The molecule has 7 heteroatoms. The standard InChI is InChI=1S/C20H22N4O3/c21-19(26)16-4-1-3-15(11-16)13-23-20(27)22-12-14-6-8-17(9-7-14)24-10-2-5-18(24)25/h1,3-4,6-9,11H,2,5,10,12-13H2,(H2,21,26)(H2,22,23,27). The van der Waals surface area contributed by atoms with Crippen LogP contribution in [0.4, 0.5) is 10.5 Å². The normalized spacial score (nSPS) is 13.5. The molecule has 4 N–H and O–H groups in total. The van der Waals surface area contributed by atoms with E-state index in [1.807, 2.05) is 30.3 Å². The minimum atomic E-state index is -0.500. The van der Waals surface area contributed by atoms with E-state index in [0.717, 1.165) is 29.8 Å². The molecule has 0 aromatic heterocycles. The lowest BCUT2D eigenvalue weighted by atomic mass is 10.1. The van der Waals surface area contributed by atoms with Gasteiger partial charge in [-0.1, -0.05) is 24.3 Å². The molecule has 4 amide bonds. The van der Waals surface area contributed by atoms with Crippen molar-refractivity contribution in [2.24, 2.45) is 5.73 Å². The van der Waals surface area contributed by atoms with Gasteiger partial charge in [0.1, 0.15) is 0 Å². The van der Waals surface area contributed by atoms with Gasteiger partial charge in [-0.3, -0.25) is 9.59 Å². The fraction of sp³-hybridized carbons (Fsp3) is 0.250. The van der Waals surface area contributed by atoms with Crippen molar-refractivity contribution in [2.75, 3.05) is 11.4 Å². The summed E-state index contributed by atoms with van der Waals surface area (Å²) in [6.45, 7) is 1.43. The molecule has 1 saturated heterocycles. The third kappa shape index (κ3) is 4.84. The van der Waals surface area contributed by atoms with Crippen LogP contribution < -0.4 is 21.3 Å². The first-order valence-electron chi connectivity index (χ1n) is 8.82. The Morgan fingerprint density at radius 2 is 1.70 bits per heavy atom. The van der Waals surface area contributed by atoms with Gasteiger partial charge in [-0.2, -0.15) is 0 Å². The number of urea groups is 1. The van der Waals surface area contributed by atoms with Gasteiger partial charge in [0.25, 0.3) is 0 Å². The highest BCUT2D eigenvalue weighted by Gasteiger charge is 2.21. The summed E-state index contributed by atoms with van der Waals surface area (Å²) in [5.41, 5.74) is 8.28. The van der Waals surface area contributed by atoms with Crippen molar-refractivity contribution in [3.8, 4) is 0 Å². The highest BCUT2D eigenvalue weighted by atomic mass is 16.2. The molecule has 0 bridgehead atoms. The molecule has 3 rings (SSSR count). The predicted octanol–water partition coefficient (Wildman–Crippen LogP) is 1.91. The van der Waals surface area contributed by atoms with E-state index in [0.29, 0.717) is 25.1 Å². The maximum atomic E-state index is 12.0. The molecule has 0 aliphatic carbocycles. The van der Waals surface area contributed by atoms with E-state index in [1.165, 1.54) is 0 Å². The molecule has 0 unspecified atom stereocenters. The lowest BCUT2D eigenvalue weighted by Crippen LogP contribution is -2.34. The van der Waals surface area contributed by atoms with E-state index in [-0.39, 0.29) is 11.9 Å². The summed E-state index contributed by atoms with van der Waals surface area (Å²) in [6, 6.07) is 14.1. The molecular weight excluding hydrogens is 344 g/mol. The zero-order chi connectivity index (χ0) is 19.2. The lowest BCUT2D eigenvalue weighted by molar-refractivity contribution is -0.117. The number of rotatable bonds is 6. The number of primary amides is 1. The van der Waals surface area contributed by atoms with Crippen LogP contribution in [0, 0.1) is 0 Å². The average molecular weight is 366 g/mol. The number of benzene rings is 2. The molecule has 2 aromatic carbocycles. The van der Waals surface area contributed by atoms with Crippen molar-refractivity contribution in [2.45, 2.75) is 25.9 Å². The van der Waals surface area contributed by atoms with Gasteiger partial charge in [-0.05, 0) is 41.8 Å². The zero-order valence-electron chi connectivity index (χ0n) is 14.9. The molecule has 0 radical (unpaired) electrons. The Morgan fingerprint density at radius 1 is 1.00 bits per heavy atom. The molecular formula is C20H22N4O3. The number of carbonyl (C=O) groups is 3. The van der Waals surface area contributed by atoms with Crippen LogP contribution in [-0.2, 0) is 17.9 Å². The number of amides is 4. The molecule has 140 valence electrons. The molecule has 7 nitrogen and oxygen atoms in total. The number of nitrogens with zero attached hydrogens (tertiary/aromatic N) is 1. The minimum absolute atomic E-state index is 0.153. The fourth-order valence-electron chi connectivity index (χ4n) is 2.98. The molecule has 1 aliphatic heterocycles. The van der Waals surface area contributed by atoms with Crippen molar-refractivity contribution in [1.29, 1.82) is 0 Å². The predicted molar refractivity (Wildman–Crippen MR) is 102 cm³/mol. The van der Waals surface area contributed by atoms with Gasteiger partial charge < -0.3 is 21.3 Å². The molecule has 0 spiro atoms. The molecule has 1 aliphatic rings. The Labute approximate surface area is 157 Å². The Kier molecular flexibility index (Phi) is 5.71. The van der Waals surface area contributed by atoms with Crippen molar-refractivity contribution < 1.29 is 14.4 Å². The monoisotopic (exact) mass is 366 g/mol. The molecule has 1 fully saturated rings. The fourth-order valence-corrected chi connectivity index (χ4v) is 2.98. The van der Waals surface area contributed by atoms with Gasteiger partial charge in [0.05, 0.1) is 0 Å². The third-order valence-electron chi connectivity index (χ3n) is 4.44. The topological polar surface area (TPSA) is 105 Å². The molecule has 0 atom stereocenters. The van der Waals surface area contributed by atoms with E-state index in [4.69, 9.17) is 5.73 Å². The quantitative estimate of drug-likeness (QED) is 0.727. The summed E-state index contributed by atoms with van der Waals surface area (Å²) in [5, 5.41) is 5.52. The first-order valence-corrected chi connectivity index (χ1v) is 8.82. The van der Waals surface area contributed by atoms with E-state index in [9.17, 15) is 14.4 Å². The van der Waals surface area contributed by atoms with Crippen LogP contribution in [0.15, 0.2) is 48.5 Å². The van der Waals surface area contributed by atoms with Gasteiger partial charge in [0.2, 0.25) is 11.8 Å². The summed E-state index contributed by atoms with van der Waals surface area (Å²) in [5.74, 6) is -0.346. The summed E-state index contributed by atoms with van der Waals surface area (Å²) in [6.07, 6.45) is 1.50. The second-order valence-corrected chi connectivity index (χ2v) is 6.42. The molecule has 2 aromatic rings. The first kappa shape index (κ1) is 18.4. The minimum Gasteiger partial charge on any atom is -0.366 e. The van der Waals surface area contributed by atoms with Crippen molar-refractivity contribution in [1.82, 2.24) is 10.6 Å². The van der Waals surface area contributed by atoms with E-state index in [2.05, 4.69) is 10.6 Å². The van der Waals surface area contributed by atoms with Gasteiger partial charge >= 0.3 is 6.03 Å². The first-order chi connectivity index (χ1) is 13.0. The Morgan fingerprint density at radius 3 is 2.33 bits per heavy atom. The maximum Gasteiger partial charge on any atom is 0.315 e. The SMILES string of the molecule is NC(=O)c1cccc(CNC(=O)NCc2ccc(N3CCCC3=O)cc2)c1. The van der Waals surface area contributed by atoms with Crippen LogP contribution in [0.2, 0.25) is 0 Å². The van der Waals surface area contributed by atoms with Gasteiger partial charge in [0, 0.05) is 37.3 Å². The van der Waals surface area contributed by atoms with E-state index in [1.54, 1.807) is 23.1 Å². The van der Waals surface area contributed by atoms with E-state index >= 15 is 0 Å². The van der Waals surface area contributed by atoms with Crippen LogP contribution in [0.3, 0.4) is 0 Å². The van der Waals surface area contributed by atoms with E-state index < -0.39 is 5.91 Å². The second-order valence-electron chi connectivity index (χ2n) is 6.42. The Hall–Kier alpha value is -3.35. The number of hydrogen-bond acceptors (Lipinski definition) is 3. The lowest BCUT2D eigenvalue weighted by Gasteiger charge is -2.16. The van der Waals surface area contributed by atoms with Crippen LogP contribution in [-0.4, -0.2) is 24.4 Å². The Bertz CT molecular complexity index is 849. The van der Waals surface area contributed by atoms with Gasteiger partial charge in [0.15, 0.2) is 0 Å². The summed E-state index contributed by atoms with van der Waals surface area (Å²) >= 11 is 0. The average Bonchev–Trinajstić information content (AvgIpc) is 3.11. The number of nitrogens with one attached hydrogen (secondary N) is 2. The molecule has 27 heavy (non-hydrogen) atoms. The highest BCUT2D eigenvalue weighted by Crippen LogP contribution is 2.21. The molecule has 1 heterocycles. The van der Waals surface area contributed by atoms with Crippen LogP contribution >= 0.6 is 0 Å². The van der Waals surface area contributed by atoms with Crippen molar-refractivity contribution in [3.05, 3.63) is 65.2 Å². The van der Waals surface area contributed by atoms with Crippen LogP contribution in [0.1, 0.15) is 34.3 Å². The van der Waals surface area contributed by atoms with Gasteiger partial charge in [-0.15, -0.1) is 0 Å². The largest absolute Gasteiger partial charge is 0.366 e. The number of nitrogens with two attached hydrogens (primary N) is 1.